The molecular weight excluding hydrogens is 632 g/mol. The lowest BCUT2D eigenvalue weighted by Crippen LogP contribution is -2.37. The third-order valence-corrected chi connectivity index (χ3v) is 9.94. The highest BCUT2D eigenvalue weighted by Gasteiger charge is 2.42. The van der Waals surface area contributed by atoms with E-state index >= 15 is 0 Å². The minimum Gasteiger partial charge on any atom is -0.445 e. The fourth-order valence-electron chi connectivity index (χ4n) is 6.93. The number of fused-ring (bicyclic) bond motifs is 2. The quantitative estimate of drug-likeness (QED) is 0.253. The van der Waals surface area contributed by atoms with Gasteiger partial charge in [-0.05, 0) is 69.3 Å². The molecule has 248 valence electrons. The first-order valence-corrected chi connectivity index (χ1v) is 16.9. The Kier molecular flexibility index (Phi) is 8.02. The molecule has 12 nitrogen and oxygen atoms in total. The topological polar surface area (TPSA) is 146 Å². The summed E-state index contributed by atoms with van der Waals surface area (Å²) >= 11 is 6.32. The van der Waals surface area contributed by atoms with E-state index in [9.17, 15) is 4.79 Å². The number of hydrogen-bond donors (Lipinski definition) is 2. The molecule has 2 atom stereocenters. The minimum absolute atomic E-state index is 0.00946. The normalized spacial score (nSPS) is 24.1. The number of piperidine rings is 1. The van der Waals surface area contributed by atoms with Gasteiger partial charge in [-0.15, -0.1) is 0 Å². The number of nitrogens with two attached hydrogens (primary N) is 1. The van der Waals surface area contributed by atoms with Crippen LogP contribution in [0.3, 0.4) is 0 Å². The SMILES string of the molecule is C[C@]1(C2=CCC/C=C(\Cl)C=C2)Oc2cccc(C3CCN(Cc4nc5cc(-c6n[nH]c(C(N)=O)n6)ncc5n4C[C@@H]4CCO4)CC3)c2O1. The molecule has 0 saturated carbocycles. The predicted molar refractivity (Wildman–Crippen MR) is 180 cm³/mol. The number of para-hydroxylation sites is 1. The maximum absolute atomic E-state index is 11.5. The van der Waals surface area contributed by atoms with E-state index in [4.69, 9.17) is 36.5 Å². The lowest BCUT2D eigenvalue weighted by molar-refractivity contribution is -0.0592. The van der Waals surface area contributed by atoms with Crippen molar-refractivity contribution in [2.24, 2.45) is 5.73 Å². The fraction of sp³-hybridized carbons (Fsp3) is 0.400. The first-order chi connectivity index (χ1) is 23.3. The molecule has 2 saturated heterocycles. The van der Waals surface area contributed by atoms with Crippen molar-refractivity contribution in [2.45, 2.75) is 69.9 Å². The third kappa shape index (κ3) is 5.88. The molecule has 0 radical (unpaired) electrons. The number of imidazole rings is 1. The molecule has 3 aliphatic heterocycles. The van der Waals surface area contributed by atoms with E-state index in [0.717, 1.165) is 97.3 Å². The second kappa shape index (κ2) is 12.5. The average Bonchev–Trinajstić information content (AvgIpc) is 3.76. The Morgan fingerprint density at radius 2 is 1.96 bits per heavy atom. The second-order valence-electron chi connectivity index (χ2n) is 12.9. The highest BCUT2D eigenvalue weighted by atomic mass is 35.5. The van der Waals surface area contributed by atoms with Crippen LogP contribution in [-0.2, 0) is 17.8 Å². The molecule has 8 rings (SSSR count). The Bertz CT molecular complexity index is 1970. The van der Waals surface area contributed by atoms with Gasteiger partial charge in [0.2, 0.25) is 5.82 Å². The van der Waals surface area contributed by atoms with Crippen LogP contribution in [0.15, 0.2) is 65.4 Å². The summed E-state index contributed by atoms with van der Waals surface area (Å²) in [6.45, 7) is 6.04. The molecule has 1 amide bonds. The number of rotatable bonds is 8. The minimum atomic E-state index is -0.903. The Morgan fingerprint density at radius 3 is 2.73 bits per heavy atom. The summed E-state index contributed by atoms with van der Waals surface area (Å²) in [6.07, 6.45) is 14.8. The van der Waals surface area contributed by atoms with Gasteiger partial charge in [0.1, 0.15) is 11.5 Å². The van der Waals surface area contributed by atoms with Gasteiger partial charge in [0, 0.05) is 29.7 Å². The van der Waals surface area contributed by atoms with Gasteiger partial charge in [-0.3, -0.25) is 19.8 Å². The van der Waals surface area contributed by atoms with Gasteiger partial charge in [-0.1, -0.05) is 42.0 Å². The lowest BCUT2D eigenvalue weighted by atomic mass is 9.88. The molecule has 13 heteroatoms. The number of aromatic nitrogens is 6. The number of H-pyrrole nitrogens is 1. The summed E-state index contributed by atoms with van der Waals surface area (Å²) in [6, 6.07) is 8.10. The third-order valence-electron chi connectivity index (χ3n) is 9.66. The maximum Gasteiger partial charge on any atom is 0.286 e. The van der Waals surface area contributed by atoms with Crippen LogP contribution in [0.4, 0.5) is 0 Å². The van der Waals surface area contributed by atoms with Gasteiger partial charge in [-0.2, -0.15) is 5.10 Å². The number of hydrogen-bond acceptors (Lipinski definition) is 9. The molecule has 1 aliphatic carbocycles. The van der Waals surface area contributed by atoms with Crippen LogP contribution >= 0.6 is 11.6 Å². The van der Waals surface area contributed by atoms with Crippen molar-refractivity contribution in [3.8, 4) is 23.0 Å². The summed E-state index contributed by atoms with van der Waals surface area (Å²) in [5, 5.41) is 7.41. The number of benzene rings is 1. The molecule has 1 aromatic carbocycles. The number of nitrogens with zero attached hydrogens (tertiary/aromatic N) is 6. The van der Waals surface area contributed by atoms with Gasteiger partial charge in [-0.25, -0.2) is 9.97 Å². The van der Waals surface area contributed by atoms with E-state index in [0.29, 0.717) is 24.0 Å². The van der Waals surface area contributed by atoms with Crippen molar-refractivity contribution in [3.05, 3.63) is 82.6 Å². The van der Waals surface area contributed by atoms with Crippen molar-refractivity contribution in [2.75, 3.05) is 19.7 Å². The molecule has 6 heterocycles. The van der Waals surface area contributed by atoms with Crippen LogP contribution in [0.1, 0.15) is 67.0 Å². The van der Waals surface area contributed by atoms with Crippen molar-refractivity contribution >= 4 is 28.5 Å². The van der Waals surface area contributed by atoms with E-state index in [-0.39, 0.29) is 11.9 Å². The number of primary amides is 1. The van der Waals surface area contributed by atoms with Crippen molar-refractivity contribution in [3.63, 3.8) is 0 Å². The molecule has 2 fully saturated rings. The Balaban J connectivity index is 0.987. The average molecular weight is 669 g/mol. The number of halogens is 1. The van der Waals surface area contributed by atoms with Crippen LogP contribution in [0.5, 0.6) is 11.5 Å². The maximum atomic E-state index is 11.5. The molecule has 4 aromatic rings. The Hall–Kier alpha value is -4.52. The number of nitrogens with one attached hydrogen (secondary N) is 1. The van der Waals surface area contributed by atoms with Crippen LogP contribution in [0.25, 0.3) is 22.6 Å². The number of ether oxygens (including phenoxy) is 3. The zero-order valence-corrected chi connectivity index (χ0v) is 27.4. The van der Waals surface area contributed by atoms with Gasteiger partial charge in [0.05, 0.1) is 36.4 Å². The van der Waals surface area contributed by atoms with Gasteiger partial charge in [0.25, 0.3) is 11.7 Å². The monoisotopic (exact) mass is 668 g/mol. The van der Waals surface area contributed by atoms with E-state index in [2.05, 4.69) is 47.8 Å². The van der Waals surface area contributed by atoms with E-state index in [1.807, 2.05) is 37.3 Å². The number of likely N-dealkylation sites (tertiary alicyclic amines) is 1. The van der Waals surface area contributed by atoms with Crippen LogP contribution in [0.2, 0.25) is 0 Å². The van der Waals surface area contributed by atoms with Gasteiger partial charge >= 0.3 is 0 Å². The largest absolute Gasteiger partial charge is 0.445 e. The summed E-state index contributed by atoms with van der Waals surface area (Å²) in [7, 11) is 0. The van der Waals surface area contributed by atoms with Crippen molar-refractivity contribution in [1.82, 2.24) is 34.6 Å². The molecular formula is C35H37ClN8O4. The van der Waals surface area contributed by atoms with E-state index in [1.165, 1.54) is 5.56 Å². The van der Waals surface area contributed by atoms with E-state index in [1.54, 1.807) is 6.20 Å². The first kappa shape index (κ1) is 30.8. The van der Waals surface area contributed by atoms with Crippen LogP contribution in [0, 0.1) is 0 Å². The number of allylic oxidation sites excluding steroid dienone is 4. The molecule has 4 aliphatic rings. The summed E-state index contributed by atoms with van der Waals surface area (Å²) in [5.41, 5.74) is 9.75. The highest BCUT2D eigenvalue weighted by molar-refractivity contribution is 6.31. The standard InChI is InChI=1S/C35H37ClN8O4/c1-35(22-5-2-3-6-23(36)10-9-22)47-29-8-4-7-25(31(29)48-35)21-11-14-43(15-12-21)20-30-39-26-17-27(33-40-34(32(37)45)42-41-33)38-18-28(26)44(30)19-24-13-16-46-24/h4-10,17-18,21,24H,2-3,11-16,19-20H2,1H3,(H2,37,45)(H,40,41,42)/b10-9?,22-5?,23-6-/t24-,35-/m0/s1. The predicted octanol–water partition coefficient (Wildman–Crippen LogP) is 5.37. The zero-order chi connectivity index (χ0) is 32.8. The number of carbonyl (C=O) groups excluding carboxylic acids is 1. The number of aromatic amines is 1. The van der Waals surface area contributed by atoms with Crippen LogP contribution < -0.4 is 15.2 Å². The van der Waals surface area contributed by atoms with Gasteiger partial charge < -0.3 is 24.5 Å². The molecule has 0 unspecified atom stereocenters. The highest BCUT2D eigenvalue weighted by Crippen LogP contribution is 2.48. The Labute approximate surface area is 282 Å². The molecule has 3 N–H and O–H groups in total. The van der Waals surface area contributed by atoms with Crippen molar-refractivity contribution < 1.29 is 19.0 Å². The molecule has 3 aromatic heterocycles. The zero-order valence-electron chi connectivity index (χ0n) is 26.7. The van der Waals surface area contributed by atoms with Gasteiger partial charge in [0.15, 0.2) is 17.3 Å². The van der Waals surface area contributed by atoms with Crippen LogP contribution in [-0.4, -0.2) is 72.1 Å². The summed E-state index contributed by atoms with van der Waals surface area (Å²) < 4.78 is 21.1. The lowest BCUT2D eigenvalue weighted by Gasteiger charge is -2.33. The number of pyridine rings is 1. The second-order valence-corrected chi connectivity index (χ2v) is 13.3. The van der Waals surface area contributed by atoms with E-state index < -0.39 is 11.7 Å². The number of carbonyl (C=O) groups is 1. The fourth-order valence-corrected chi connectivity index (χ4v) is 7.10. The summed E-state index contributed by atoms with van der Waals surface area (Å²) in [5.74, 6) is 1.65. The molecule has 0 bridgehead atoms. The summed E-state index contributed by atoms with van der Waals surface area (Å²) in [4.78, 5) is 27.8. The Morgan fingerprint density at radius 1 is 1.12 bits per heavy atom. The smallest absolute Gasteiger partial charge is 0.286 e. The molecule has 48 heavy (non-hydrogen) atoms. The molecule has 0 spiro atoms. The number of amides is 1. The first-order valence-electron chi connectivity index (χ1n) is 16.5. The van der Waals surface area contributed by atoms with Crippen molar-refractivity contribution in [1.29, 1.82) is 0 Å².